The molecule has 2 fully saturated rings. The number of nitrogens with zero attached hydrogens (tertiary/aromatic N) is 2. The summed E-state index contributed by atoms with van der Waals surface area (Å²) in [6.07, 6.45) is 12.9. The normalized spacial score (nSPS) is 30.1. The van der Waals surface area contributed by atoms with E-state index in [9.17, 15) is 4.79 Å². The minimum Gasteiger partial charge on any atom is -0.368 e. The number of carbonyl (C=O) groups is 1. The van der Waals surface area contributed by atoms with Gasteiger partial charge in [0.25, 0.3) is 5.91 Å². The Labute approximate surface area is 128 Å². The van der Waals surface area contributed by atoms with E-state index in [0.717, 1.165) is 12.5 Å². The van der Waals surface area contributed by atoms with Gasteiger partial charge in [-0.2, -0.15) is 5.10 Å². The number of carbonyl (C=O) groups excluding carboxylic acids is 1. The van der Waals surface area contributed by atoms with E-state index in [-0.39, 0.29) is 24.7 Å². The van der Waals surface area contributed by atoms with Crippen molar-refractivity contribution in [3.8, 4) is 0 Å². The van der Waals surface area contributed by atoms with Crippen molar-refractivity contribution in [3.63, 3.8) is 0 Å². The van der Waals surface area contributed by atoms with Crippen molar-refractivity contribution >= 4 is 11.6 Å². The van der Waals surface area contributed by atoms with Gasteiger partial charge in [0.2, 0.25) is 0 Å². The first-order chi connectivity index (χ1) is 10.8. The molecule has 2 aliphatic carbocycles. The van der Waals surface area contributed by atoms with Gasteiger partial charge in [0.1, 0.15) is 12.2 Å². The Morgan fingerprint density at radius 2 is 2.14 bits per heavy atom. The first kappa shape index (κ1) is 13.7. The molecule has 4 rings (SSSR count). The van der Waals surface area contributed by atoms with Crippen molar-refractivity contribution in [2.45, 2.75) is 37.7 Å². The van der Waals surface area contributed by atoms with E-state index >= 15 is 0 Å². The Balaban J connectivity index is 1.34. The summed E-state index contributed by atoms with van der Waals surface area (Å²) in [6, 6.07) is 0. The smallest absolute Gasteiger partial charge is 0.256 e. The second-order valence-corrected chi connectivity index (χ2v) is 6.04. The van der Waals surface area contributed by atoms with Crippen LogP contribution >= 0.6 is 0 Å². The van der Waals surface area contributed by atoms with Gasteiger partial charge in [-0.15, -0.1) is 0 Å². The highest BCUT2D eigenvalue weighted by Crippen LogP contribution is 2.30. The lowest BCUT2D eigenvalue weighted by Gasteiger charge is -2.34. The molecule has 6 nitrogen and oxygen atoms in total. The fourth-order valence-corrected chi connectivity index (χ4v) is 2.72. The van der Waals surface area contributed by atoms with Crippen molar-refractivity contribution in [1.29, 1.82) is 0 Å². The number of ether oxygens (including phenoxy) is 2. The van der Waals surface area contributed by atoms with Crippen molar-refractivity contribution in [2.75, 3.05) is 11.9 Å². The third-order valence-corrected chi connectivity index (χ3v) is 4.13. The number of hydrogen-bond acceptors (Lipinski definition) is 4. The molecule has 1 aromatic rings. The van der Waals surface area contributed by atoms with Crippen LogP contribution < -0.4 is 5.32 Å². The van der Waals surface area contributed by atoms with Gasteiger partial charge in [-0.1, -0.05) is 24.3 Å². The molecule has 1 saturated heterocycles. The van der Waals surface area contributed by atoms with Gasteiger partial charge in [0.05, 0.1) is 18.5 Å². The van der Waals surface area contributed by atoms with Crippen molar-refractivity contribution < 1.29 is 14.3 Å². The number of aromatic nitrogens is 2. The molecule has 0 radical (unpaired) electrons. The number of rotatable bonds is 4. The topological polar surface area (TPSA) is 65.4 Å². The molecule has 2 heterocycles. The van der Waals surface area contributed by atoms with Gasteiger partial charge in [-0.3, -0.25) is 9.48 Å². The summed E-state index contributed by atoms with van der Waals surface area (Å²) in [5.41, 5.74) is 0.704. The molecule has 1 saturated carbocycles. The molecule has 3 unspecified atom stereocenters. The Morgan fingerprint density at radius 3 is 2.95 bits per heavy atom. The molecular weight excluding hydrogens is 282 g/mol. The van der Waals surface area contributed by atoms with Crippen LogP contribution in [0.15, 0.2) is 36.7 Å². The third-order valence-electron chi connectivity index (χ3n) is 4.13. The Morgan fingerprint density at radius 1 is 1.32 bits per heavy atom. The highest BCUT2D eigenvalue weighted by Gasteiger charge is 2.33. The average Bonchev–Trinajstić information content (AvgIpc) is 3.25. The predicted molar refractivity (Wildman–Crippen MR) is 80.3 cm³/mol. The molecule has 0 spiro atoms. The number of amides is 1. The van der Waals surface area contributed by atoms with Crippen molar-refractivity contribution in [1.82, 2.24) is 9.78 Å². The van der Waals surface area contributed by atoms with Crippen molar-refractivity contribution in [2.24, 2.45) is 5.92 Å². The standard InChI is InChI=1S/C16H19N3O3/c20-16(15-10-21-13-3-1-2-4-14(13)22-15)18-12-7-17-19(9-12)8-11-5-6-11/h1-4,7,9,11,13-15H,5-6,8,10H2,(H,18,20). The summed E-state index contributed by atoms with van der Waals surface area (Å²) >= 11 is 0. The predicted octanol–water partition coefficient (Wildman–Crippen LogP) is 1.51. The summed E-state index contributed by atoms with van der Waals surface area (Å²) in [4.78, 5) is 12.3. The second-order valence-electron chi connectivity index (χ2n) is 6.04. The molecule has 3 atom stereocenters. The first-order valence-electron chi connectivity index (χ1n) is 7.73. The minimum absolute atomic E-state index is 0.0876. The molecule has 1 aromatic heterocycles. The second kappa shape index (κ2) is 5.70. The quantitative estimate of drug-likeness (QED) is 0.915. The summed E-state index contributed by atoms with van der Waals surface area (Å²) in [7, 11) is 0. The van der Waals surface area contributed by atoms with Gasteiger partial charge >= 0.3 is 0 Å². The van der Waals surface area contributed by atoms with E-state index < -0.39 is 6.10 Å². The van der Waals surface area contributed by atoms with Crippen LogP contribution in [0.3, 0.4) is 0 Å². The summed E-state index contributed by atoms with van der Waals surface area (Å²) in [5, 5.41) is 7.12. The van der Waals surface area contributed by atoms with Gasteiger partial charge < -0.3 is 14.8 Å². The molecule has 1 amide bonds. The lowest BCUT2D eigenvalue weighted by atomic mass is 10.1. The van der Waals surface area contributed by atoms with E-state index in [4.69, 9.17) is 9.47 Å². The Bertz CT molecular complexity index is 618. The molecule has 0 aromatic carbocycles. The zero-order valence-electron chi connectivity index (χ0n) is 12.2. The van der Waals surface area contributed by atoms with Crippen LogP contribution in [0, 0.1) is 5.92 Å². The molecule has 0 bridgehead atoms. The van der Waals surface area contributed by atoms with E-state index in [2.05, 4.69) is 10.4 Å². The van der Waals surface area contributed by atoms with E-state index in [0.29, 0.717) is 5.69 Å². The highest BCUT2D eigenvalue weighted by atomic mass is 16.6. The van der Waals surface area contributed by atoms with Crippen LogP contribution in [-0.2, 0) is 20.8 Å². The summed E-state index contributed by atoms with van der Waals surface area (Å²) < 4.78 is 13.4. The van der Waals surface area contributed by atoms with Crippen LogP contribution in [0.25, 0.3) is 0 Å². The maximum Gasteiger partial charge on any atom is 0.256 e. The number of nitrogens with one attached hydrogen (secondary N) is 1. The molecule has 1 N–H and O–H groups in total. The van der Waals surface area contributed by atoms with E-state index in [1.54, 1.807) is 6.20 Å². The average molecular weight is 301 g/mol. The molecule has 1 aliphatic heterocycles. The van der Waals surface area contributed by atoms with E-state index in [1.807, 2.05) is 35.2 Å². The number of fused-ring (bicyclic) bond motifs is 1. The van der Waals surface area contributed by atoms with Gasteiger partial charge in [-0.05, 0) is 18.8 Å². The van der Waals surface area contributed by atoms with Crippen molar-refractivity contribution in [3.05, 3.63) is 36.7 Å². The molecule has 116 valence electrons. The Hall–Kier alpha value is -1.92. The zero-order chi connectivity index (χ0) is 14.9. The van der Waals surface area contributed by atoms with Crippen LogP contribution in [-0.4, -0.2) is 40.6 Å². The Kier molecular flexibility index (Phi) is 3.56. The van der Waals surface area contributed by atoms with Crippen LogP contribution in [0.2, 0.25) is 0 Å². The number of allylic oxidation sites excluding steroid dienone is 2. The third kappa shape index (κ3) is 2.98. The summed E-state index contributed by atoms with van der Waals surface area (Å²) in [5.74, 6) is 0.564. The van der Waals surface area contributed by atoms with Crippen LogP contribution in [0.1, 0.15) is 12.8 Å². The molecule has 6 heteroatoms. The fourth-order valence-electron chi connectivity index (χ4n) is 2.72. The van der Waals surface area contributed by atoms with Crippen LogP contribution in [0.5, 0.6) is 0 Å². The molecular formula is C16H19N3O3. The number of anilines is 1. The minimum atomic E-state index is -0.593. The summed E-state index contributed by atoms with van der Waals surface area (Å²) in [6.45, 7) is 1.20. The zero-order valence-corrected chi connectivity index (χ0v) is 12.2. The lowest BCUT2D eigenvalue weighted by molar-refractivity contribution is -0.164. The van der Waals surface area contributed by atoms with E-state index in [1.165, 1.54) is 12.8 Å². The maximum absolute atomic E-state index is 12.3. The molecule has 3 aliphatic rings. The largest absolute Gasteiger partial charge is 0.368 e. The molecule has 22 heavy (non-hydrogen) atoms. The lowest BCUT2D eigenvalue weighted by Crippen LogP contribution is -2.47. The number of hydrogen-bond donors (Lipinski definition) is 1. The van der Waals surface area contributed by atoms with Gasteiger partial charge in [-0.25, -0.2) is 0 Å². The van der Waals surface area contributed by atoms with Gasteiger partial charge in [0.15, 0.2) is 6.10 Å². The fraction of sp³-hybridized carbons (Fsp3) is 0.500. The monoisotopic (exact) mass is 301 g/mol. The SMILES string of the molecule is O=C(Nc1cnn(CC2CC2)c1)C1COC2C=CC=CC2O1. The first-order valence-corrected chi connectivity index (χ1v) is 7.73. The van der Waals surface area contributed by atoms with Gasteiger partial charge in [0, 0.05) is 12.7 Å². The maximum atomic E-state index is 12.3. The highest BCUT2D eigenvalue weighted by molar-refractivity contribution is 5.94. The van der Waals surface area contributed by atoms with Crippen LogP contribution in [0.4, 0.5) is 5.69 Å².